The highest BCUT2D eigenvalue weighted by molar-refractivity contribution is 5.38. The molecule has 2 N–H and O–H groups in total. The molecular formula is C13H18N2O. The zero-order valence-electron chi connectivity index (χ0n) is 9.60. The van der Waals surface area contributed by atoms with Crippen molar-refractivity contribution in [2.45, 2.75) is 31.0 Å². The van der Waals surface area contributed by atoms with Crippen molar-refractivity contribution in [2.24, 2.45) is 5.73 Å². The number of benzene rings is 1. The normalized spacial score (nSPS) is 28.7. The van der Waals surface area contributed by atoms with Gasteiger partial charge in [-0.25, -0.2) is 0 Å². The van der Waals surface area contributed by atoms with Crippen LogP contribution in [0.4, 0.5) is 0 Å². The Kier molecular flexibility index (Phi) is 2.37. The van der Waals surface area contributed by atoms with Gasteiger partial charge in [0.05, 0.1) is 12.1 Å². The predicted molar refractivity (Wildman–Crippen MR) is 63.4 cm³/mol. The molecule has 86 valence electrons. The molecule has 0 amide bonds. The molecule has 0 spiro atoms. The van der Waals surface area contributed by atoms with Crippen LogP contribution in [0.1, 0.15) is 24.4 Å². The van der Waals surface area contributed by atoms with Crippen LogP contribution in [0.3, 0.4) is 0 Å². The minimum Gasteiger partial charge on any atom is -0.492 e. The van der Waals surface area contributed by atoms with Gasteiger partial charge in [0.2, 0.25) is 0 Å². The molecule has 0 radical (unpaired) electrons. The minimum atomic E-state index is 0.0792. The molecule has 1 saturated carbocycles. The van der Waals surface area contributed by atoms with Gasteiger partial charge < -0.3 is 10.5 Å². The Morgan fingerprint density at radius 1 is 1.31 bits per heavy atom. The van der Waals surface area contributed by atoms with Gasteiger partial charge in [-0.3, -0.25) is 4.90 Å². The van der Waals surface area contributed by atoms with Crippen molar-refractivity contribution in [1.29, 1.82) is 0 Å². The van der Waals surface area contributed by atoms with E-state index < -0.39 is 0 Å². The van der Waals surface area contributed by atoms with Crippen LogP contribution >= 0.6 is 0 Å². The third-order valence-electron chi connectivity index (χ3n) is 3.75. The Bertz CT molecular complexity index is 389. The van der Waals surface area contributed by atoms with Crippen molar-refractivity contribution in [3.05, 3.63) is 29.8 Å². The van der Waals surface area contributed by atoms with E-state index in [-0.39, 0.29) is 6.04 Å². The van der Waals surface area contributed by atoms with Crippen molar-refractivity contribution in [3.8, 4) is 5.75 Å². The van der Waals surface area contributed by atoms with E-state index in [9.17, 15) is 0 Å². The van der Waals surface area contributed by atoms with Gasteiger partial charge in [0.1, 0.15) is 12.4 Å². The Morgan fingerprint density at radius 3 is 2.81 bits per heavy atom. The Balaban J connectivity index is 1.85. The average Bonchev–Trinajstić information content (AvgIpc) is 3.13. The lowest BCUT2D eigenvalue weighted by atomic mass is 9.96. The average molecular weight is 218 g/mol. The van der Waals surface area contributed by atoms with Crippen LogP contribution in [-0.2, 0) is 0 Å². The molecule has 2 aliphatic rings. The largest absolute Gasteiger partial charge is 0.492 e. The summed E-state index contributed by atoms with van der Waals surface area (Å²) in [4.78, 5) is 2.39. The standard InChI is InChI=1S/C13H18N2O/c1-15(9-6-7-9)11-8-16-12-5-3-2-4-10(12)13(11)14/h2-5,9,11,13H,6-8,14H2,1H3. The van der Waals surface area contributed by atoms with E-state index in [0.717, 1.165) is 17.4 Å². The fraction of sp³-hybridized carbons (Fsp3) is 0.538. The van der Waals surface area contributed by atoms with Gasteiger partial charge in [0.25, 0.3) is 0 Å². The van der Waals surface area contributed by atoms with Crippen LogP contribution in [0.2, 0.25) is 0 Å². The first-order chi connectivity index (χ1) is 7.77. The van der Waals surface area contributed by atoms with Crippen LogP contribution in [0, 0.1) is 0 Å². The molecule has 1 heterocycles. The topological polar surface area (TPSA) is 38.5 Å². The molecule has 1 aromatic carbocycles. The number of likely N-dealkylation sites (N-methyl/N-ethyl adjacent to an activating group) is 1. The Hall–Kier alpha value is -1.06. The van der Waals surface area contributed by atoms with Gasteiger partial charge >= 0.3 is 0 Å². The lowest BCUT2D eigenvalue weighted by molar-refractivity contribution is 0.114. The van der Waals surface area contributed by atoms with Crippen molar-refractivity contribution >= 4 is 0 Å². The Labute approximate surface area is 96.2 Å². The van der Waals surface area contributed by atoms with Crippen LogP contribution in [0.15, 0.2) is 24.3 Å². The SMILES string of the molecule is CN(C1CC1)C1COc2ccccc2C1N. The number of nitrogens with two attached hydrogens (primary N) is 1. The number of ether oxygens (including phenoxy) is 1. The van der Waals surface area contributed by atoms with Crippen molar-refractivity contribution in [1.82, 2.24) is 4.90 Å². The molecule has 3 rings (SSSR count). The molecular weight excluding hydrogens is 200 g/mol. The van der Waals surface area contributed by atoms with Crippen LogP contribution in [0.5, 0.6) is 5.75 Å². The number of fused-ring (bicyclic) bond motifs is 1. The van der Waals surface area contributed by atoms with E-state index in [1.165, 1.54) is 12.8 Å². The predicted octanol–water partition coefficient (Wildman–Crippen LogP) is 1.54. The summed E-state index contributed by atoms with van der Waals surface area (Å²) < 4.78 is 5.78. The highest BCUT2D eigenvalue weighted by atomic mass is 16.5. The van der Waals surface area contributed by atoms with E-state index in [4.69, 9.17) is 10.5 Å². The molecule has 1 aliphatic heterocycles. The first-order valence-corrected chi connectivity index (χ1v) is 5.96. The molecule has 1 fully saturated rings. The molecule has 3 heteroatoms. The highest BCUT2D eigenvalue weighted by Gasteiger charge is 2.37. The van der Waals surface area contributed by atoms with E-state index in [1.54, 1.807) is 0 Å². The van der Waals surface area contributed by atoms with Gasteiger partial charge in [-0.05, 0) is 26.0 Å². The van der Waals surface area contributed by atoms with Gasteiger partial charge in [-0.2, -0.15) is 0 Å². The smallest absolute Gasteiger partial charge is 0.124 e. The fourth-order valence-corrected chi connectivity index (χ4v) is 2.50. The first kappa shape index (κ1) is 10.1. The molecule has 0 bridgehead atoms. The summed E-state index contributed by atoms with van der Waals surface area (Å²) in [7, 11) is 2.17. The maximum atomic E-state index is 6.34. The third kappa shape index (κ3) is 1.60. The zero-order valence-corrected chi connectivity index (χ0v) is 9.60. The lowest BCUT2D eigenvalue weighted by Crippen LogP contribution is -2.47. The minimum absolute atomic E-state index is 0.0792. The molecule has 16 heavy (non-hydrogen) atoms. The van der Waals surface area contributed by atoms with Gasteiger partial charge in [0, 0.05) is 11.6 Å². The number of rotatable bonds is 2. The van der Waals surface area contributed by atoms with Gasteiger partial charge in [-0.15, -0.1) is 0 Å². The number of hydrogen-bond donors (Lipinski definition) is 1. The Morgan fingerprint density at radius 2 is 2.06 bits per heavy atom. The molecule has 3 nitrogen and oxygen atoms in total. The summed E-state index contributed by atoms with van der Waals surface area (Å²) >= 11 is 0. The second-order valence-electron chi connectivity index (χ2n) is 4.84. The van der Waals surface area contributed by atoms with Gasteiger partial charge in [0.15, 0.2) is 0 Å². The van der Waals surface area contributed by atoms with Crippen molar-refractivity contribution < 1.29 is 4.74 Å². The summed E-state index contributed by atoms with van der Waals surface area (Å²) in [6.07, 6.45) is 2.61. The molecule has 1 aromatic rings. The second kappa shape index (κ2) is 3.75. The van der Waals surface area contributed by atoms with Gasteiger partial charge in [-0.1, -0.05) is 18.2 Å². The molecule has 2 atom stereocenters. The summed E-state index contributed by atoms with van der Waals surface area (Å²) in [5.41, 5.74) is 7.48. The third-order valence-corrected chi connectivity index (χ3v) is 3.75. The first-order valence-electron chi connectivity index (χ1n) is 5.96. The summed E-state index contributed by atoms with van der Waals surface area (Å²) in [6.45, 7) is 0.713. The van der Waals surface area contributed by atoms with Crippen LogP contribution in [0.25, 0.3) is 0 Å². The van der Waals surface area contributed by atoms with E-state index in [1.807, 2.05) is 18.2 Å². The van der Waals surface area contributed by atoms with Crippen molar-refractivity contribution in [3.63, 3.8) is 0 Å². The molecule has 2 unspecified atom stereocenters. The zero-order chi connectivity index (χ0) is 11.1. The van der Waals surface area contributed by atoms with Crippen LogP contribution < -0.4 is 10.5 Å². The van der Waals surface area contributed by atoms with E-state index >= 15 is 0 Å². The number of nitrogens with zero attached hydrogens (tertiary/aromatic N) is 1. The number of hydrogen-bond acceptors (Lipinski definition) is 3. The summed E-state index contributed by atoms with van der Waals surface area (Å²) in [5.74, 6) is 0.954. The highest BCUT2D eigenvalue weighted by Crippen LogP contribution is 2.36. The molecule has 0 aromatic heterocycles. The number of para-hydroxylation sites is 1. The van der Waals surface area contributed by atoms with E-state index in [2.05, 4.69) is 18.0 Å². The monoisotopic (exact) mass is 218 g/mol. The van der Waals surface area contributed by atoms with E-state index in [0.29, 0.717) is 12.6 Å². The second-order valence-corrected chi connectivity index (χ2v) is 4.84. The summed E-state index contributed by atoms with van der Waals surface area (Å²) in [5, 5.41) is 0. The maximum absolute atomic E-state index is 6.34. The molecule has 0 saturated heterocycles. The maximum Gasteiger partial charge on any atom is 0.124 e. The fourth-order valence-electron chi connectivity index (χ4n) is 2.50. The van der Waals surface area contributed by atoms with Crippen LogP contribution in [-0.4, -0.2) is 30.6 Å². The summed E-state index contributed by atoms with van der Waals surface area (Å²) in [6, 6.07) is 9.23. The molecule has 1 aliphatic carbocycles. The lowest BCUT2D eigenvalue weighted by Gasteiger charge is -2.37. The quantitative estimate of drug-likeness (QED) is 0.818. The van der Waals surface area contributed by atoms with Crippen molar-refractivity contribution in [2.75, 3.05) is 13.7 Å².